The molecule has 0 saturated heterocycles. The maximum Gasteiger partial charge on any atom is 0.305 e. The number of halogens is 1. The van der Waals surface area contributed by atoms with Crippen molar-refractivity contribution in [2.45, 2.75) is 30.6 Å². The van der Waals surface area contributed by atoms with Crippen LogP contribution < -0.4 is 5.32 Å². The Bertz CT molecular complexity index is 451. The van der Waals surface area contributed by atoms with Gasteiger partial charge in [0.2, 0.25) is 5.91 Å². The molecular weight excluding hydrogens is 310 g/mol. The summed E-state index contributed by atoms with van der Waals surface area (Å²) in [4.78, 5) is 23.6. The van der Waals surface area contributed by atoms with E-state index in [1.807, 2.05) is 24.3 Å². The highest BCUT2D eigenvalue weighted by Crippen LogP contribution is 2.21. The average molecular weight is 330 g/mol. The highest BCUT2D eigenvalue weighted by atomic mass is 35.5. The number of amides is 1. The predicted molar refractivity (Wildman–Crippen MR) is 85.7 cm³/mol. The minimum Gasteiger partial charge on any atom is -0.469 e. The first-order chi connectivity index (χ1) is 10.1. The van der Waals surface area contributed by atoms with E-state index in [2.05, 4.69) is 10.1 Å². The number of benzene rings is 1. The van der Waals surface area contributed by atoms with Crippen LogP contribution >= 0.6 is 23.4 Å². The van der Waals surface area contributed by atoms with Crippen LogP contribution in [-0.2, 0) is 14.3 Å². The lowest BCUT2D eigenvalue weighted by Crippen LogP contribution is -2.24. The Morgan fingerprint density at radius 3 is 2.57 bits per heavy atom. The molecule has 0 aromatic heterocycles. The molecule has 21 heavy (non-hydrogen) atoms. The van der Waals surface area contributed by atoms with E-state index in [9.17, 15) is 9.59 Å². The van der Waals surface area contributed by atoms with Gasteiger partial charge in [-0.1, -0.05) is 11.6 Å². The maximum atomic E-state index is 11.6. The van der Waals surface area contributed by atoms with Crippen molar-refractivity contribution < 1.29 is 14.3 Å². The van der Waals surface area contributed by atoms with Gasteiger partial charge < -0.3 is 10.1 Å². The third-order valence-corrected chi connectivity index (χ3v) is 4.09. The van der Waals surface area contributed by atoms with Gasteiger partial charge in [-0.05, 0) is 42.9 Å². The molecule has 1 aromatic rings. The lowest BCUT2D eigenvalue weighted by molar-refractivity contribution is -0.140. The summed E-state index contributed by atoms with van der Waals surface area (Å²) in [5.41, 5.74) is 0. The largest absolute Gasteiger partial charge is 0.469 e. The second-order valence-electron chi connectivity index (χ2n) is 4.44. The number of hydrogen-bond acceptors (Lipinski definition) is 4. The highest BCUT2D eigenvalue weighted by molar-refractivity contribution is 7.99. The molecule has 0 spiro atoms. The third-order valence-electron chi connectivity index (χ3n) is 2.74. The molecule has 0 aliphatic rings. The molecule has 1 amide bonds. The summed E-state index contributed by atoms with van der Waals surface area (Å²) in [6.07, 6.45) is 2.26. The Balaban J connectivity index is 2.03. The monoisotopic (exact) mass is 329 g/mol. The van der Waals surface area contributed by atoms with E-state index in [4.69, 9.17) is 11.6 Å². The topological polar surface area (TPSA) is 55.4 Å². The van der Waals surface area contributed by atoms with Gasteiger partial charge in [-0.3, -0.25) is 9.59 Å². The van der Waals surface area contributed by atoms with Crippen LogP contribution in [0, 0.1) is 0 Å². The summed E-state index contributed by atoms with van der Waals surface area (Å²) < 4.78 is 4.52. The number of methoxy groups -OCH3 is 1. The fourth-order valence-electron chi connectivity index (χ4n) is 1.60. The van der Waals surface area contributed by atoms with Gasteiger partial charge in [0, 0.05) is 29.3 Å². The number of rotatable bonds is 9. The van der Waals surface area contributed by atoms with Gasteiger partial charge in [0.1, 0.15) is 0 Å². The van der Waals surface area contributed by atoms with E-state index in [-0.39, 0.29) is 11.9 Å². The molecule has 0 saturated carbocycles. The van der Waals surface area contributed by atoms with Gasteiger partial charge in [-0.25, -0.2) is 0 Å². The molecule has 0 unspecified atom stereocenters. The summed E-state index contributed by atoms with van der Waals surface area (Å²) in [5.74, 6) is 0.664. The van der Waals surface area contributed by atoms with Gasteiger partial charge in [-0.15, -0.1) is 11.8 Å². The standard InChI is InChI=1S/C15H20ClNO3S/c1-20-15(19)5-2-10-17-14(18)4-3-11-21-13-8-6-12(16)7-9-13/h6-9H,2-5,10-11H2,1H3,(H,17,18). The number of ether oxygens (including phenoxy) is 1. The summed E-state index contributed by atoms with van der Waals surface area (Å²) in [6.45, 7) is 0.512. The lowest BCUT2D eigenvalue weighted by atomic mass is 10.3. The third kappa shape index (κ3) is 8.63. The van der Waals surface area contributed by atoms with E-state index in [1.54, 1.807) is 11.8 Å². The summed E-state index contributed by atoms with van der Waals surface area (Å²) in [6, 6.07) is 7.66. The Morgan fingerprint density at radius 1 is 1.19 bits per heavy atom. The highest BCUT2D eigenvalue weighted by Gasteiger charge is 2.03. The molecule has 0 atom stereocenters. The molecule has 0 radical (unpaired) electrons. The summed E-state index contributed by atoms with van der Waals surface area (Å²) >= 11 is 7.52. The van der Waals surface area contributed by atoms with Crippen molar-refractivity contribution in [3.63, 3.8) is 0 Å². The van der Waals surface area contributed by atoms with Crippen molar-refractivity contribution >= 4 is 35.2 Å². The van der Waals surface area contributed by atoms with E-state index in [1.165, 1.54) is 7.11 Å². The van der Waals surface area contributed by atoms with Crippen LogP contribution in [0.4, 0.5) is 0 Å². The quantitative estimate of drug-likeness (QED) is 0.429. The minimum atomic E-state index is -0.247. The van der Waals surface area contributed by atoms with E-state index >= 15 is 0 Å². The van der Waals surface area contributed by atoms with Gasteiger partial charge >= 0.3 is 5.97 Å². The number of esters is 1. The molecule has 0 aliphatic heterocycles. The van der Waals surface area contributed by atoms with Crippen molar-refractivity contribution in [2.24, 2.45) is 0 Å². The predicted octanol–water partition coefficient (Wildman–Crippen LogP) is 3.28. The van der Waals surface area contributed by atoms with Crippen LogP contribution in [0.25, 0.3) is 0 Å². The number of carbonyl (C=O) groups is 2. The average Bonchev–Trinajstić information content (AvgIpc) is 2.49. The first kappa shape index (κ1) is 17.9. The summed E-state index contributed by atoms with van der Waals surface area (Å²) in [5, 5.41) is 3.52. The SMILES string of the molecule is COC(=O)CCCNC(=O)CCCSc1ccc(Cl)cc1. The molecule has 4 nitrogen and oxygen atoms in total. The van der Waals surface area contributed by atoms with E-state index < -0.39 is 0 Å². The van der Waals surface area contributed by atoms with Crippen LogP contribution in [0.1, 0.15) is 25.7 Å². The van der Waals surface area contributed by atoms with Crippen molar-refractivity contribution in [3.05, 3.63) is 29.3 Å². The van der Waals surface area contributed by atoms with Gasteiger partial charge in [-0.2, -0.15) is 0 Å². The summed E-state index contributed by atoms with van der Waals surface area (Å²) in [7, 11) is 1.36. The molecule has 0 bridgehead atoms. The van der Waals surface area contributed by atoms with Gasteiger partial charge in [0.15, 0.2) is 0 Å². The molecule has 1 N–H and O–H groups in total. The van der Waals surface area contributed by atoms with Gasteiger partial charge in [0.25, 0.3) is 0 Å². The van der Waals surface area contributed by atoms with E-state index in [0.29, 0.717) is 25.8 Å². The molecular formula is C15H20ClNO3S. The van der Waals surface area contributed by atoms with Crippen molar-refractivity contribution in [1.82, 2.24) is 5.32 Å². The van der Waals surface area contributed by atoms with Gasteiger partial charge in [0.05, 0.1) is 7.11 Å². The Kier molecular flexibility index (Phi) is 8.94. The zero-order chi connectivity index (χ0) is 15.5. The molecule has 0 fully saturated rings. The Labute approximate surface area is 134 Å². The Morgan fingerprint density at radius 2 is 1.90 bits per heavy atom. The van der Waals surface area contributed by atoms with Crippen molar-refractivity contribution in [3.8, 4) is 0 Å². The smallest absolute Gasteiger partial charge is 0.305 e. The molecule has 1 rings (SSSR count). The number of thioether (sulfide) groups is 1. The molecule has 0 heterocycles. The lowest BCUT2D eigenvalue weighted by Gasteiger charge is -2.05. The first-order valence-electron chi connectivity index (χ1n) is 6.83. The molecule has 1 aromatic carbocycles. The number of carbonyl (C=O) groups excluding carboxylic acids is 2. The second-order valence-corrected chi connectivity index (χ2v) is 6.04. The van der Waals surface area contributed by atoms with E-state index in [0.717, 1.165) is 22.1 Å². The zero-order valence-electron chi connectivity index (χ0n) is 12.1. The van der Waals surface area contributed by atoms with Crippen LogP contribution in [-0.4, -0.2) is 31.3 Å². The fraction of sp³-hybridized carbons (Fsp3) is 0.467. The van der Waals surface area contributed by atoms with Crippen LogP contribution in [0.3, 0.4) is 0 Å². The van der Waals surface area contributed by atoms with Crippen LogP contribution in [0.15, 0.2) is 29.2 Å². The number of hydrogen-bond donors (Lipinski definition) is 1. The van der Waals surface area contributed by atoms with Crippen LogP contribution in [0.2, 0.25) is 5.02 Å². The zero-order valence-corrected chi connectivity index (χ0v) is 13.6. The van der Waals surface area contributed by atoms with Crippen molar-refractivity contribution in [2.75, 3.05) is 19.4 Å². The van der Waals surface area contributed by atoms with Crippen LogP contribution in [0.5, 0.6) is 0 Å². The molecule has 0 aliphatic carbocycles. The van der Waals surface area contributed by atoms with Crippen molar-refractivity contribution in [1.29, 1.82) is 0 Å². The first-order valence-corrected chi connectivity index (χ1v) is 8.20. The number of nitrogens with one attached hydrogen (secondary N) is 1. The molecule has 6 heteroatoms. The Hall–Kier alpha value is -1.20. The fourth-order valence-corrected chi connectivity index (χ4v) is 2.58. The molecule has 116 valence electrons. The minimum absolute atomic E-state index is 0.0246. The normalized spacial score (nSPS) is 10.2. The second kappa shape index (κ2) is 10.5. The maximum absolute atomic E-state index is 11.6.